The van der Waals surface area contributed by atoms with Gasteiger partial charge >= 0.3 is 0 Å². The zero-order valence-electron chi connectivity index (χ0n) is 5.19. The van der Waals surface area contributed by atoms with E-state index in [2.05, 4.69) is 5.32 Å². The fourth-order valence-corrected chi connectivity index (χ4v) is 0.816. The number of aliphatic hydroxyl groups is 3. The standard InChI is InChI=1S/C5H9NO4/c7-1-2(8)3-4(9)5(10)6-3/h2-4,7-9H,1H2,(H,6,10)/t2-,3+,4-/m0/s1. The third-order valence-corrected chi connectivity index (χ3v) is 1.52. The van der Waals surface area contributed by atoms with Crippen LogP contribution in [0, 0.1) is 0 Å². The Morgan fingerprint density at radius 2 is 2.30 bits per heavy atom. The fourth-order valence-electron chi connectivity index (χ4n) is 0.816. The Morgan fingerprint density at radius 1 is 1.70 bits per heavy atom. The molecule has 58 valence electrons. The lowest BCUT2D eigenvalue weighted by molar-refractivity contribution is -0.148. The summed E-state index contributed by atoms with van der Waals surface area (Å²) in [5.74, 6) is -0.502. The molecule has 0 saturated carbocycles. The average Bonchev–Trinajstić information content (AvgIpc) is 1.98. The Balaban J connectivity index is 2.39. The molecule has 0 bridgehead atoms. The molecule has 1 heterocycles. The second-order valence-electron chi connectivity index (χ2n) is 2.23. The highest BCUT2D eigenvalue weighted by atomic mass is 16.3. The van der Waals surface area contributed by atoms with Crippen molar-refractivity contribution in [2.24, 2.45) is 0 Å². The van der Waals surface area contributed by atoms with Crippen molar-refractivity contribution in [3.63, 3.8) is 0 Å². The molecule has 1 aliphatic rings. The van der Waals surface area contributed by atoms with Crippen molar-refractivity contribution in [1.29, 1.82) is 0 Å². The van der Waals surface area contributed by atoms with E-state index in [4.69, 9.17) is 15.3 Å². The molecule has 0 unspecified atom stereocenters. The third kappa shape index (κ3) is 0.985. The zero-order chi connectivity index (χ0) is 7.72. The van der Waals surface area contributed by atoms with E-state index in [9.17, 15) is 4.79 Å². The fraction of sp³-hybridized carbons (Fsp3) is 0.800. The van der Waals surface area contributed by atoms with Crippen molar-refractivity contribution in [2.45, 2.75) is 18.2 Å². The molecule has 5 heteroatoms. The van der Waals surface area contributed by atoms with Gasteiger partial charge in [0, 0.05) is 0 Å². The molecule has 1 fully saturated rings. The lowest BCUT2D eigenvalue weighted by atomic mass is 9.97. The van der Waals surface area contributed by atoms with Crippen molar-refractivity contribution >= 4 is 5.91 Å². The van der Waals surface area contributed by atoms with Crippen LogP contribution in [0.1, 0.15) is 0 Å². The Hall–Kier alpha value is -0.650. The summed E-state index contributed by atoms with van der Waals surface area (Å²) >= 11 is 0. The SMILES string of the molecule is O=C1N[C@H]([C@@H](O)CO)[C@@H]1O. The quantitative estimate of drug-likeness (QED) is 0.317. The molecule has 0 aromatic rings. The molecule has 0 aromatic carbocycles. The Bertz CT molecular complexity index is 149. The van der Waals surface area contributed by atoms with Crippen LogP contribution in [0.25, 0.3) is 0 Å². The first-order chi connectivity index (χ1) is 4.66. The highest BCUT2D eigenvalue weighted by Crippen LogP contribution is 2.09. The highest BCUT2D eigenvalue weighted by molar-refractivity contribution is 5.88. The normalized spacial score (nSPS) is 34.5. The molecule has 0 aromatic heterocycles. The summed E-state index contributed by atoms with van der Waals surface area (Å²) in [5, 5.41) is 28.2. The van der Waals surface area contributed by atoms with Crippen molar-refractivity contribution < 1.29 is 20.1 Å². The van der Waals surface area contributed by atoms with Gasteiger partial charge in [-0.05, 0) is 0 Å². The van der Waals surface area contributed by atoms with Gasteiger partial charge in [-0.25, -0.2) is 0 Å². The van der Waals surface area contributed by atoms with Crippen LogP contribution in [0.15, 0.2) is 0 Å². The average molecular weight is 147 g/mol. The molecule has 5 nitrogen and oxygen atoms in total. The lowest BCUT2D eigenvalue weighted by Gasteiger charge is -2.35. The van der Waals surface area contributed by atoms with Crippen LogP contribution in [0.5, 0.6) is 0 Å². The van der Waals surface area contributed by atoms with Crippen LogP contribution in [-0.2, 0) is 4.79 Å². The molecular weight excluding hydrogens is 138 g/mol. The van der Waals surface area contributed by atoms with Crippen LogP contribution in [0.4, 0.5) is 0 Å². The summed E-state index contributed by atoms with van der Waals surface area (Å²) in [6, 6.07) is -0.697. The minimum absolute atomic E-state index is 0.456. The molecule has 10 heavy (non-hydrogen) atoms. The number of hydrogen-bond donors (Lipinski definition) is 4. The monoisotopic (exact) mass is 147 g/mol. The molecule has 1 saturated heterocycles. The Morgan fingerprint density at radius 3 is 2.60 bits per heavy atom. The molecule has 1 amide bonds. The van der Waals surface area contributed by atoms with Crippen molar-refractivity contribution in [3.05, 3.63) is 0 Å². The number of β-lactam (4-membered cyclic amide) rings is 1. The van der Waals surface area contributed by atoms with E-state index in [1.807, 2.05) is 0 Å². The van der Waals surface area contributed by atoms with Crippen molar-refractivity contribution in [3.8, 4) is 0 Å². The van der Waals surface area contributed by atoms with E-state index in [0.717, 1.165) is 0 Å². The van der Waals surface area contributed by atoms with Crippen LogP contribution in [0.3, 0.4) is 0 Å². The van der Waals surface area contributed by atoms with Crippen molar-refractivity contribution in [1.82, 2.24) is 5.32 Å². The molecule has 1 rings (SSSR count). The summed E-state index contributed by atoms with van der Waals surface area (Å²) in [6.45, 7) is -0.456. The molecule has 1 aliphatic heterocycles. The zero-order valence-corrected chi connectivity index (χ0v) is 5.19. The first-order valence-electron chi connectivity index (χ1n) is 2.94. The molecule has 4 N–H and O–H groups in total. The van der Waals surface area contributed by atoms with Crippen LogP contribution < -0.4 is 5.32 Å². The maximum Gasteiger partial charge on any atom is 0.251 e. The number of hydrogen-bond acceptors (Lipinski definition) is 4. The third-order valence-electron chi connectivity index (χ3n) is 1.52. The maximum absolute atomic E-state index is 10.3. The minimum atomic E-state index is -1.16. The summed E-state index contributed by atoms with van der Waals surface area (Å²) in [6.07, 6.45) is -2.23. The number of rotatable bonds is 2. The summed E-state index contributed by atoms with van der Waals surface area (Å²) < 4.78 is 0. The first kappa shape index (κ1) is 7.46. The van der Waals surface area contributed by atoms with Crippen LogP contribution in [-0.4, -0.2) is 46.1 Å². The lowest BCUT2D eigenvalue weighted by Crippen LogP contribution is -2.67. The van der Waals surface area contributed by atoms with Gasteiger partial charge in [0.2, 0.25) is 0 Å². The van der Waals surface area contributed by atoms with Gasteiger partial charge in [0.25, 0.3) is 5.91 Å². The number of aliphatic hydroxyl groups excluding tert-OH is 3. The second kappa shape index (κ2) is 2.53. The van der Waals surface area contributed by atoms with Gasteiger partial charge in [-0.1, -0.05) is 0 Å². The van der Waals surface area contributed by atoms with Gasteiger partial charge in [0.15, 0.2) is 6.10 Å². The maximum atomic E-state index is 10.3. The first-order valence-corrected chi connectivity index (χ1v) is 2.94. The predicted octanol–water partition coefficient (Wildman–Crippen LogP) is -2.80. The van der Waals surface area contributed by atoms with Gasteiger partial charge in [0.1, 0.15) is 6.10 Å². The molecular formula is C5H9NO4. The van der Waals surface area contributed by atoms with Crippen LogP contribution >= 0.6 is 0 Å². The molecule has 3 atom stereocenters. The van der Waals surface area contributed by atoms with E-state index in [1.54, 1.807) is 0 Å². The van der Waals surface area contributed by atoms with Gasteiger partial charge in [-0.2, -0.15) is 0 Å². The second-order valence-corrected chi connectivity index (χ2v) is 2.23. The smallest absolute Gasteiger partial charge is 0.251 e. The molecule has 0 radical (unpaired) electrons. The molecule has 0 aliphatic carbocycles. The van der Waals surface area contributed by atoms with E-state index in [0.29, 0.717) is 0 Å². The minimum Gasteiger partial charge on any atom is -0.394 e. The van der Waals surface area contributed by atoms with E-state index < -0.39 is 30.8 Å². The topological polar surface area (TPSA) is 89.8 Å². The van der Waals surface area contributed by atoms with Gasteiger partial charge in [-0.15, -0.1) is 0 Å². The van der Waals surface area contributed by atoms with Gasteiger partial charge < -0.3 is 20.6 Å². The number of carbonyl (C=O) groups is 1. The highest BCUT2D eigenvalue weighted by Gasteiger charge is 2.41. The Labute approximate surface area is 57.3 Å². The summed E-state index contributed by atoms with van der Waals surface area (Å²) in [7, 11) is 0. The summed E-state index contributed by atoms with van der Waals surface area (Å²) in [4.78, 5) is 10.3. The van der Waals surface area contributed by atoms with E-state index in [-0.39, 0.29) is 0 Å². The van der Waals surface area contributed by atoms with Gasteiger partial charge in [0.05, 0.1) is 12.6 Å². The molecule has 0 spiro atoms. The van der Waals surface area contributed by atoms with E-state index >= 15 is 0 Å². The van der Waals surface area contributed by atoms with E-state index in [1.165, 1.54) is 0 Å². The predicted molar refractivity (Wildman–Crippen MR) is 31.0 cm³/mol. The summed E-state index contributed by atoms with van der Waals surface area (Å²) in [5.41, 5.74) is 0. The van der Waals surface area contributed by atoms with Crippen molar-refractivity contribution in [2.75, 3.05) is 6.61 Å². The van der Waals surface area contributed by atoms with Gasteiger partial charge in [-0.3, -0.25) is 4.79 Å². The number of nitrogens with one attached hydrogen (secondary N) is 1. The van der Waals surface area contributed by atoms with Crippen LogP contribution in [0.2, 0.25) is 0 Å². The largest absolute Gasteiger partial charge is 0.394 e. The number of carbonyl (C=O) groups excluding carboxylic acids is 1. The Kier molecular flexibility index (Phi) is 1.89. The number of amides is 1.